The molecule has 1 aromatic rings. The summed E-state index contributed by atoms with van der Waals surface area (Å²) in [5.74, 6) is -0.815. The normalized spacial score (nSPS) is 20.2. The van der Waals surface area contributed by atoms with Gasteiger partial charge in [-0.05, 0) is 17.7 Å². The van der Waals surface area contributed by atoms with Crippen molar-refractivity contribution in [2.75, 3.05) is 38.8 Å². The monoisotopic (exact) mass is 264 g/mol. The Hall–Kier alpha value is -1.59. The molecule has 0 saturated carbocycles. The van der Waals surface area contributed by atoms with Crippen LogP contribution in [0.25, 0.3) is 0 Å². The zero-order chi connectivity index (χ0) is 13.8. The first-order valence-corrected chi connectivity index (χ1v) is 6.39. The summed E-state index contributed by atoms with van der Waals surface area (Å²) in [6, 6.07) is 7.65. The van der Waals surface area contributed by atoms with Crippen LogP contribution in [0.5, 0.6) is 0 Å². The average molecular weight is 264 g/mol. The first kappa shape index (κ1) is 13.8. The largest absolute Gasteiger partial charge is 0.480 e. The van der Waals surface area contributed by atoms with Crippen molar-refractivity contribution in [3.05, 3.63) is 29.8 Å². The number of anilines is 1. The van der Waals surface area contributed by atoms with E-state index in [-0.39, 0.29) is 6.61 Å². The summed E-state index contributed by atoms with van der Waals surface area (Å²) in [4.78, 5) is 15.2. The topological polar surface area (TPSA) is 53.0 Å². The van der Waals surface area contributed by atoms with Gasteiger partial charge in [0, 0.05) is 32.9 Å². The molecular formula is C14H20N2O3. The van der Waals surface area contributed by atoms with E-state index in [1.807, 2.05) is 48.2 Å². The van der Waals surface area contributed by atoms with E-state index in [0.29, 0.717) is 19.7 Å². The van der Waals surface area contributed by atoms with Crippen LogP contribution >= 0.6 is 0 Å². The van der Waals surface area contributed by atoms with Gasteiger partial charge in [-0.15, -0.1) is 0 Å². The minimum Gasteiger partial charge on any atom is -0.480 e. The van der Waals surface area contributed by atoms with Crippen LogP contribution < -0.4 is 4.90 Å². The van der Waals surface area contributed by atoms with Crippen molar-refractivity contribution in [1.29, 1.82) is 0 Å². The van der Waals surface area contributed by atoms with Crippen molar-refractivity contribution >= 4 is 11.7 Å². The third-order valence-corrected chi connectivity index (χ3v) is 3.36. The Morgan fingerprint density at radius 1 is 1.42 bits per heavy atom. The minimum atomic E-state index is -0.815. The zero-order valence-electron chi connectivity index (χ0n) is 11.4. The number of hydrogen-bond donors (Lipinski definition) is 1. The number of benzene rings is 1. The van der Waals surface area contributed by atoms with Crippen LogP contribution in [-0.4, -0.2) is 55.9 Å². The molecule has 104 valence electrons. The predicted octanol–water partition coefficient (Wildman–Crippen LogP) is 1.04. The molecule has 5 heteroatoms. The van der Waals surface area contributed by atoms with Gasteiger partial charge in [-0.2, -0.15) is 0 Å². The number of aliphatic carboxylic acids is 1. The zero-order valence-corrected chi connectivity index (χ0v) is 11.4. The highest BCUT2D eigenvalue weighted by molar-refractivity contribution is 5.73. The smallest absolute Gasteiger partial charge is 0.323 e. The molecule has 1 fully saturated rings. The Bertz CT molecular complexity index is 431. The summed E-state index contributed by atoms with van der Waals surface area (Å²) in [5.41, 5.74) is 2.26. The molecule has 2 rings (SSSR count). The van der Waals surface area contributed by atoms with Gasteiger partial charge in [0.05, 0.1) is 13.2 Å². The van der Waals surface area contributed by atoms with Crippen molar-refractivity contribution in [2.45, 2.75) is 12.6 Å². The summed E-state index contributed by atoms with van der Waals surface area (Å²) < 4.78 is 5.23. The van der Waals surface area contributed by atoms with E-state index >= 15 is 0 Å². The van der Waals surface area contributed by atoms with Crippen molar-refractivity contribution in [3.8, 4) is 0 Å². The molecule has 1 aliphatic heterocycles. The van der Waals surface area contributed by atoms with Crippen LogP contribution in [0.2, 0.25) is 0 Å². The number of morpholine rings is 1. The van der Waals surface area contributed by atoms with Gasteiger partial charge < -0.3 is 14.7 Å². The maximum Gasteiger partial charge on any atom is 0.323 e. The number of carboxylic acids is 1. The van der Waals surface area contributed by atoms with Crippen molar-refractivity contribution in [3.63, 3.8) is 0 Å². The highest BCUT2D eigenvalue weighted by Gasteiger charge is 2.28. The molecule has 0 bridgehead atoms. The molecule has 0 aliphatic carbocycles. The maximum absolute atomic E-state index is 11.2. The lowest BCUT2D eigenvalue weighted by Gasteiger charge is -2.32. The van der Waals surface area contributed by atoms with Crippen LogP contribution in [0, 0.1) is 0 Å². The van der Waals surface area contributed by atoms with Gasteiger partial charge in [0.2, 0.25) is 0 Å². The van der Waals surface area contributed by atoms with E-state index in [4.69, 9.17) is 4.74 Å². The molecule has 1 heterocycles. The van der Waals surface area contributed by atoms with Crippen molar-refractivity contribution in [1.82, 2.24) is 4.90 Å². The summed E-state index contributed by atoms with van der Waals surface area (Å²) in [5, 5.41) is 9.18. The lowest BCUT2D eigenvalue weighted by molar-refractivity contribution is -0.150. The van der Waals surface area contributed by atoms with Gasteiger partial charge in [0.25, 0.3) is 0 Å². The summed E-state index contributed by atoms with van der Waals surface area (Å²) in [6.45, 7) is 2.17. The number of carboxylic acid groups (broad SMARTS) is 1. The third-order valence-electron chi connectivity index (χ3n) is 3.36. The minimum absolute atomic E-state index is 0.269. The molecule has 19 heavy (non-hydrogen) atoms. The molecule has 1 unspecified atom stereocenters. The number of ether oxygens (including phenoxy) is 1. The number of rotatable bonds is 4. The Morgan fingerprint density at radius 2 is 2.11 bits per heavy atom. The van der Waals surface area contributed by atoms with Crippen LogP contribution in [0.4, 0.5) is 5.69 Å². The predicted molar refractivity (Wildman–Crippen MR) is 73.4 cm³/mol. The summed E-state index contributed by atoms with van der Waals surface area (Å²) in [7, 11) is 3.99. The van der Waals surface area contributed by atoms with Gasteiger partial charge >= 0.3 is 5.97 Å². The molecule has 5 nitrogen and oxygen atoms in total. The number of nitrogens with zero attached hydrogens (tertiary/aromatic N) is 2. The van der Waals surface area contributed by atoms with Crippen molar-refractivity contribution < 1.29 is 14.6 Å². The van der Waals surface area contributed by atoms with E-state index in [0.717, 1.165) is 11.3 Å². The van der Waals surface area contributed by atoms with Crippen LogP contribution in [0.1, 0.15) is 5.56 Å². The van der Waals surface area contributed by atoms with E-state index in [1.165, 1.54) is 0 Å². The Balaban J connectivity index is 2.04. The molecule has 1 aliphatic rings. The van der Waals surface area contributed by atoms with Gasteiger partial charge in [-0.25, -0.2) is 0 Å². The summed E-state index contributed by atoms with van der Waals surface area (Å²) in [6.07, 6.45) is 0. The molecule has 0 radical (unpaired) electrons. The first-order chi connectivity index (χ1) is 9.08. The lowest BCUT2D eigenvalue weighted by atomic mass is 10.1. The Morgan fingerprint density at radius 3 is 2.68 bits per heavy atom. The lowest BCUT2D eigenvalue weighted by Crippen LogP contribution is -2.49. The fraction of sp³-hybridized carbons (Fsp3) is 0.500. The highest BCUT2D eigenvalue weighted by Crippen LogP contribution is 2.16. The molecule has 1 atom stereocenters. The van der Waals surface area contributed by atoms with Gasteiger partial charge in [-0.1, -0.05) is 12.1 Å². The molecular weight excluding hydrogens is 244 g/mol. The van der Waals surface area contributed by atoms with Crippen molar-refractivity contribution in [2.24, 2.45) is 0 Å². The molecule has 0 aromatic heterocycles. The van der Waals surface area contributed by atoms with Crippen LogP contribution in [-0.2, 0) is 16.1 Å². The van der Waals surface area contributed by atoms with Gasteiger partial charge in [-0.3, -0.25) is 9.69 Å². The second kappa shape index (κ2) is 6.04. The van der Waals surface area contributed by atoms with Gasteiger partial charge in [0.1, 0.15) is 6.04 Å². The molecule has 1 saturated heterocycles. The highest BCUT2D eigenvalue weighted by atomic mass is 16.5. The standard InChI is InChI=1S/C14H20N2O3/c1-15(2)12-5-3-11(4-6-12)9-16-7-8-19-10-13(16)14(17)18/h3-6,13H,7-10H2,1-2H3,(H,17,18). The molecule has 1 aromatic carbocycles. The van der Waals surface area contributed by atoms with Crippen LogP contribution in [0.15, 0.2) is 24.3 Å². The van der Waals surface area contributed by atoms with Gasteiger partial charge in [0.15, 0.2) is 0 Å². The van der Waals surface area contributed by atoms with Crippen LogP contribution in [0.3, 0.4) is 0 Å². The molecule has 0 amide bonds. The number of carbonyl (C=O) groups is 1. The fourth-order valence-corrected chi connectivity index (χ4v) is 2.19. The Kier molecular flexibility index (Phi) is 4.39. The van der Waals surface area contributed by atoms with E-state index < -0.39 is 12.0 Å². The fourth-order valence-electron chi connectivity index (χ4n) is 2.19. The van der Waals surface area contributed by atoms with E-state index in [1.54, 1.807) is 0 Å². The second-order valence-electron chi connectivity index (χ2n) is 4.96. The summed E-state index contributed by atoms with van der Waals surface area (Å²) >= 11 is 0. The molecule has 0 spiro atoms. The van der Waals surface area contributed by atoms with E-state index in [2.05, 4.69) is 0 Å². The average Bonchev–Trinajstić information content (AvgIpc) is 2.39. The molecule has 1 N–H and O–H groups in total. The SMILES string of the molecule is CN(C)c1ccc(CN2CCOCC2C(=O)O)cc1. The second-order valence-corrected chi connectivity index (χ2v) is 4.96. The maximum atomic E-state index is 11.2. The number of hydrogen-bond acceptors (Lipinski definition) is 4. The third kappa shape index (κ3) is 3.45. The Labute approximate surface area is 113 Å². The first-order valence-electron chi connectivity index (χ1n) is 6.39. The van der Waals surface area contributed by atoms with E-state index in [9.17, 15) is 9.90 Å². The quantitative estimate of drug-likeness (QED) is 0.880.